The Morgan fingerprint density at radius 2 is 1.59 bits per heavy atom. The fraction of sp³-hybridized carbons (Fsp3) is 0.333. The minimum atomic E-state index is -4.21. The van der Waals surface area contributed by atoms with Crippen molar-refractivity contribution in [3.05, 3.63) is 83.4 Å². The maximum Gasteiger partial charge on any atom is 0.264 e. The summed E-state index contributed by atoms with van der Waals surface area (Å²) in [6.07, 6.45) is 0. The zero-order valence-corrected chi connectivity index (χ0v) is 25.4. The van der Waals surface area contributed by atoms with E-state index in [9.17, 15) is 18.0 Å². The minimum absolute atomic E-state index is 0.00620. The Morgan fingerprint density at radius 1 is 0.902 bits per heavy atom. The Bertz CT molecular complexity index is 1450. The van der Waals surface area contributed by atoms with E-state index in [1.165, 1.54) is 43.4 Å². The van der Waals surface area contributed by atoms with Gasteiger partial charge in [-0.3, -0.25) is 13.9 Å². The molecule has 0 bridgehead atoms. The monoisotopic (exact) mass is 601 g/mol. The molecule has 3 aromatic carbocycles. The first-order valence-corrected chi connectivity index (χ1v) is 14.9. The number of ether oxygens (including phenoxy) is 2. The van der Waals surface area contributed by atoms with Crippen LogP contribution in [0.5, 0.6) is 11.5 Å². The van der Waals surface area contributed by atoms with Crippen LogP contribution in [0.3, 0.4) is 0 Å². The van der Waals surface area contributed by atoms with Crippen molar-refractivity contribution in [3.8, 4) is 11.5 Å². The molecule has 0 aliphatic heterocycles. The smallest absolute Gasteiger partial charge is 0.264 e. The molecule has 0 saturated heterocycles. The number of hydrogen-bond donors (Lipinski definition) is 1. The maximum absolute atomic E-state index is 14.0. The summed E-state index contributed by atoms with van der Waals surface area (Å²) >= 11 is 6.19. The number of carbonyl (C=O) groups excluding carboxylic acids is 2. The van der Waals surface area contributed by atoms with Crippen molar-refractivity contribution in [2.45, 2.75) is 38.3 Å². The Hall–Kier alpha value is -3.76. The van der Waals surface area contributed by atoms with Gasteiger partial charge in [0.1, 0.15) is 12.6 Å². The average molecular weight is 602 g/mol. The number of halogens is 1. The summed E-state index contributed by atoms with van der Waals surface area (Å²) in [6.45, 7) is 5.45. The molecule has 0 aliphatic rings. The fourth-order valence-electron chi connectivity index (χ4n) is 4.10. The summed E-state index contributed by atoms with van der Waals surface area (Å²) < 4.78 is 39.5. The van der Waals surface area contributed by atoms with Gasteiger partial charge in [0.2, 0.25) is 11.8 Å². The van der Waals surface area contributed by atoms with E-state index >= 15 is 0 Å². The highest BCUT2D eigenvalue weighted by Gasteiger charge is 2.33. The molecular formula is C30H36ClN3O6S. The number of nitrogens with zero attached hydrogens (tertiary/aromatic N) is 2. The molecule has 11 heteroatoms. The molecule has 1 atom stereocenters. The lowest BCUT2D eigenvalue weighted by atomic mass is 10.1. The normalized spacial score (nSPS) is 12.0. The molecule has 0 aromatic heterocycles. The van der Waals surface area contributed by atoms with E-state index in [2.05, 4.69) is 5.32 Å². The van der Waals surface area contributed by atoms with Crippen LogP contribution >= 0.6 is 11.6 Å². The summed E-state index contributed by atoms with van der Waals surface area (Å²) in [5, 5.41) is 3.34. The summed E-state index contributed by atoms with van der Waals surface area (Å²) in [4.78, 5) is 28.5. The van der Waals surface area contributed by atoms with Crippen molar-refractivity contribution in [1.82, 2.24) is 10.2 Å². The zero-order chi connectivity index (χ0) is 30.2. The van der Waals surface area contributed by atoms with Gasteiger partial charge in [-0.05, 0) is 54.8 Å². The average Bonchev–Trinajstić information content (AvgIpc) is 2.96. The molecule has 0 unspecified atom stereocenters. The topological polar surface area (TPSA) is 105 Å². The molecule has 0 heterocycles. The van der Waals surface area contributed by atoms with E-state index in [0.717, 1.165) is 4.31 Å². The molecule has 0 fully saturated rings. The van der Waals surface area contributed by atoms with Gasteiger partial charge in [-0.1, -0.05) is 55.8 Å². The second-order valence-electron chi connectivity index (χ2n) is 9.83. The van der Waals surface area contributed by atoms with Gasteiger partial charge in [0.05, 0.1) is 24.8 Å². The number of nitrogens with one attached hydrogen (secondary N) is 1. The van der Waals surface area contributed by atoms with E-state index in [-0.39, 0.29) is 29.0 Å². The summed E-state index contributed by atoms with van der Waals surface area (Å²) in [5.41, 5.74) is 0.886. The van der Waals surface area contributed by atoms with Crippen LogP contribution in [0, 0.1) is 5.92 Å². The molecule has 0 spiro atoms. The quantitative estimate of drug-likeness (QED) is 0.303. The summed E-state index contributed by atoms with van der Waals surface area (Å²) in [5.74, 6) is -0.0236. The van der Waals surface area contributed by atoms with Crippen LogP contribution in [0.15, 0.2) is 77.7 Å². The molecule has 0 aliphatic carbocycles. The predicted molar refractivity (Wildman–Crippen MR) is 160 cm³/mol. The Labute approximate surface area is 247 Å². The van der Waals surface area contributed by atoms with Gasteiger partial charge in [-0.25, -0.2) is 8.42 Å². The van der Waals surface area contributed by atoms with E-state index in [1.54, 1.807) is 55.5 Å². The fourth-order valence-corrected chi connectivity index (χ4v) is 5.74. The predicted octanol–water partition coefficient (Wildman–Crippen LogP) is 4.74. The molecular weight excluding hydrogens is 566 g/mol. The molecule has 3 aromatic rings. The number of methoxy groups -OCH3 is 2. The SMILES string of the molecule is COc1ccc(N(CC(=O)N(Cc2cccc(Cl)c2)[C@H](C)C(=O)NCC(C)C)S(=O)(=O)c2ccccc2)cc1OC. The molecule has 0 radical (unpaired) electrons. The van der Waals surface area contributed by atoms with Crippen LogP contribution in [0.25, 0.3) is 0 Å². The highest BCUT2D eigenvalue weighted by molar-refractivity contribution is 7.92. The first kappa shape index (κ1) is 31.8. The molecule has 41 heavy (non-hydrogen) atoms. The Balaban J connectivity index is 2.06. The third-order valence-corrected chi connectivity index (χ3v) is 8.38. The second kappa shape index (κ2) is 14.2. The standard InChI is InChI=1S/C30H36ClN3O6S/c1-21(2)18-32-30(36)22(3)33(19-23-10-9-11-24(31)16-23)29(35)20-34(41(37,38)26-12-7-6-8-13-26)25-14-15-27(39-4)28(17-25)40-5/h6-17,21-22H,18-20H2,1-5H3,(H,32,36)/t22-/m1/s1. The van der Waals surface area contributed by atoms with Crippen LogP contribution < -0.4 is 19.1 Å². The second-order valence-corrected chi connectivity index (χ2v) is 12.1. The van der Waals surface area contributed by atoms with Gasteiger partial charge in [-0.2, -0.15) is 0 Å². The van der Waals surface area contributed by atoms with Gasteiger partial charge in [0.15, 0.2) is 11.5 Å². The molecule has 0 saturated carbocycles. The first-order chi connectivity index (χ1) is 19.5. The van der Waals surface area contributed by atoms with Crippen LogP contribution in [0.2, 0.25) is 5.02 Å². The van der Waals surface area contributed by atoms with Crippen LogP contribution in [0.4, 0.5) is 5.69 Å². The van der Waals surface area contributed by atoms with Crippen molar-refractivity contribution < 1.29 is 27.5 Å². The number of anilines is 1. The highest BCUT2D eigenvalue weighted by Crippen LogP contribution is 2.34. The highest BCUT2D eigenvalue weighted by atomic mass is 35.5. The maximum atomic E-state index is 14.0. The largest absolute Gasteiger partial charge is 0.493 e. The van der Waals surface area contributed by atoms with Gasteiger partial charge in [0.25, 0.3) is 10.0 Å². The molecule has 1 N–H and O–H groups in total. The number of hydrogen-bond acceptors (Lipinski definition) is 6. The number of sulfonamides is 1. The number of amides is 2. The minimum Gasteiger partial charge on any atom is -0.493 e. The number of benzene rings is 3. The first-order valence-electron chi connectivity index (χ1n) is 13.1. The zero-order valence-electron chi connectivity index (χ0n) is 23.8. The van der Waals surface area contributed by atoms with E-state index < -0.39 is 28.5 Å². The van der Waals surface area contributed by atoms with Crippen molar-refractivity contribution >= 4 is 39.1 Å². The van der Waals surface area contributed by atoms with Crippen LogP contribution in [-0.2, 0) is 26.2 Å². The van der Waals surface area contributed by atoms with Crippen molar-refractivity contribution in [2.75, 3.05) is 31.6 Å². The third kappa shape index (κ3) is 8.14. The van der Waals surface area contributed by atoms with Crippen LogP contribution in [-0.4, -0.2) is 58.5 Å². The Morgan fingerprint density at radius 3 is 2.20 bits per heavy atom. The van der Waals surface area contributed by atoms with Gasteiger partial charge in [0, 0.05) is 24.2 Å². The third-order valence-electron chi connectivity index (χ3n) is 6.36. The van der Waals surface area contributed by atoms with Crippen molar-refractivity contribution in [1.29, 1.82) is 0 Å². The lowest BCUT2D eigenvalue weighted by Gasteiger charge is -2.32. The van der Waals surface area contributed by atoms with Crippen molar-refractivity contribution in [2.24, 2.45) is 5.92 Å². The Kier molecular flexibility index (Phi) is 11.0. The molecule has 9 nitrogen and oxygen atoms in total. The van der Waals surface area contributed by atoms with E-state index in [4.69, 9.17) is 21.1 Å². The van der Waals surface area contributed by atoms with Crippen LogP contribution in [0.1, 0.15) is 26.3 Å². The molecule has 2 amide bonds. The van der Waals surface area contributed by atoms with Crippen molar-refractivity contribution in [3.63, 3.8) is 0 Å². The number of carbonyl (C=O) groups is 2. The molecule has 3 rings (SSSR count). The summed E-state index contributed by atoms with van der Waals surface area (Å²) in [7, 11) is -1.30. The summed E-state index contributed by atoms with van der Waals surface area (Å²) in [6, 6.07) is 18.5. The number of rotatable bonds is 13. The van der Waals surface area contributed by atoms with Gasteiger partial charge < -0.3 is 19.7 Å². The van der Waals surface area contributed by atoms with E-state index in [1.807, 2.05) is 13.8 Å². The molecule has 220 valence electrons. The lowest BCUT2D eigenvalue weighted by molar-refractivity contribution is -0.139. The van der Waals surface area contributed by atoms with E-state index in [0.29, 0.717) is 28.6 Å². The van der Waals surface area contributed by atoms with Gasteiger partial charge in [-0.15, -0.1) is 0 Å². The van der Waals surface area contributed by atoms with Gasteiger partial charge >= 0.3 is 0 Å². The lowest BCUT2D eigenvalue weighted by Crippen LogP contribution is -2.51.